The Morgan fingerprint density at radius 1 is 0.843 bits per heavy atom. The molecule has 2 saturated heterocycles. The van der Waals surface area contributed by atoms with Crippen LogP contribution in [0.4, 0.5) is 15.8 Å². The molecule has 1 aliphatic carbocycles. The Balaban J connectivity index is 1.09. The second-order valence-corrected chi connectivity index (χ2v) is 14.9. The maximum Gasteiger partial charge on any atom is 0.310 e. The van der Waals surface area contributed by atoms with Gasteiger partial charge in [-0.3, -0.25) is 4.79 Å². The van der Waals surface area contributed by atoms with Crippen molar-refractivity contribution in [2.45, 2.75) is 16.9 Å². The van der Waals surface area contributed by atoms with Crippen molar-refractivity contribution in [1.29, 1.82) is 0 Å². The zero-order valence-electron chi connectivity index (χ0n) is 27.9. The third kappa shape index (κ3) is 5.72. The highest BCUT2D eigenvalue weighted by molar-refractivity contribution is 7.89. The molecule has 0 aromatic heterocycles. The highest BCUT2D eigenvalue weighted by atomic mass is 32.2. The van der Waals surface area contributed by atoms with Crippen molar-refractivity contribution in [3.8, 4) is 28.7 Å². The maximum absolute atomic E-state index is 13.6. The summed E-state index contributed by atoms with van der Waals surface area (Å²) >= 11 is 0. The molecule has 14 heteroatoms. The number of aromatic hydroxyl groups is 1. The van der Waals surface area contributed by atoms with Gasteiger partial charge >= 0.3 is 5.97 Å². The molecule has 0 spiro atoms. The lowest BCUT2D eigenvalue weighted by molar-refractivity contribution is -0.141. The van der Waals surface area contributed by atoms with Gasteiger partial charge in [-0.2, -0.15) is 4.31 Å². The molecule has 4 aliphatic rings. The summed E-state index contributed by atoms with van der Waals surface area (Å²) in [5.41, 5.74) is 3.88. The molecular weight excluding hydrogens is 681 g/mol. The van der Waals surface area contributed by atoms with Crippen LogP contribution in [0.2, 0.25) is 0 Å². The third-order valence-corrected chi connectivity index (χ3v) is 12.2. The lowest BCUT2D eigenvalue weighted by atomic mass is 9.65. The van der Waals surface area contributed by atoms with E-state index in [0.717, 1.165) is 16.8 Å². The molecule has 0 saturated carbocycles. The van der Waals surface area contributed by atoms with E-state index in [9.17, 15) is 22.7 Å². The number of nitrogens with zero attached hydrogens (tertiary/aromatic N) is 2. The normalized spacial score (nSPS) is 22.6. The Hall–Kier alpha value is -5.21. The van der Waals surface area contributed by atoms with Gasteiger partial charge in [-0.1, -0.05) is 0 Å². The first-order chi connectivity index (χ1) is 24.7. The summed E-state index contributed by atoms with van der Waals surface area (Å²) in [6.07, 6.45) is 0. The quantitative estimate of drug-likeness (QED) is 0.242. The fourth-order valence-corrected chi connectivity index (χ4v) is 9.15. The summed E-state index contributed by atoms with van der Waals surface area (Å²) in [5.74, 6) is -0.697. The van der Waals surface area contributed by atoms with E-state index in [1.54, 1.807) is 48.5 Å². The number of benzene rings is 4. The summed E-state index contributed by atoms with van der Waals surface area (Å²) in [7, 11) is -0.871. The number of carbonyl (C=O) groups excluding carboxylic acids is 1. The second kappa shape index (κ2) is 12.8. The fourth-order valence-electron chi connectivity index (χ4n) is 7.73. The van der Waals surface area contributed by atoms with Gasteiger partial charge in [-0.25, -0.2) is 12.8 Å². The number of carbonyl (C=O) groups is 1. The minimum atomic E-state index is -3.77. The molecule has 3 heterocycles. The number of phenols is 1. The number of piperazine rings is 1. The smallest absolute Gasteiger partial charge is 0.310 e. The Bertz CT molecular complexity index is 2060. The molecule has 0 unspecified atom stereocenters. The number of methoxy groups -OCH3 is 2. The average molecular weight is 718 g/mol. The standard InChI is InChI=1S/C37H36FN3O9S/c1-46-31-15-21(16-32(47-2)36(31)42)33-26-17-29-30(50-20-49-29)18-27(26)35(28-19-48-37(43)34(28)33)39-23-5-9-25(10-6-23)51(44,45)41-13-11-40(12-14-41)24-7-3-22(38)4-8-24/h3-10,15-18,28,33-35,39,42H,11-14,19-20H2,1-2H3/t28-,33+,34-,35+/m0/s1. The number of hydrogen-bond donors (Lipinski definition) is 2. The Kier molecular flexibility index (Phi) is 8.30. The highest BCUT2D eigenvalue weighted by Gasteiger charge is 2.53. The van der Waals surface area contributed by atoms with Crippen LogP contribution in [0.5, 0.6) is 28.7 Å². The minimum absolute atomic E-state index is 0.0635. The summed E-state index contributed by atoms with van der Waals surface area (Å²) in [5, 5.41) is 14.2. The van der Waals surface area contributed by atoms with E-state index in [-0.39, 0.29) is 53.2 Å². The number of halogens is 1. The maximum atomic E-state index is 13.6. The van der Waals surface area contributed by atoms with E-state index in [0.29, 0.717) is 48.9 Å². The number of ether oxygens (including phenoxy) is 5. The van der Waals surface area contributed by atoms with E-state index < -0.39 is 27.9 Å². The number of esters is 1. The van der Waals surface area contributed by atoms with Gasteiger partial charge in [0, 0.05) is 49.4 Å². The minimum Gasteiger partial charge on any atom is -0.502 e. The average Bonchev–Trinajstić information content (AvgIpc) is 3.77. The van der Waals surface area contributed by atoms with Crippen LogP contribution in [0.25, 0.3) is 0 Å². The van der Waals surface area contributed by atoms with E-state index in [4.69, 9.17) is 23.7 Å². The number of anilines is 2. The topological polar surface area (TPSA) is 136 Å². The molecule has 8 rings (SSSR count). The lowest BCUT2D eigenvalue weighted by Crippen LogP contribution is -2.48. The van der Waals surface area contributed by atoms with Crippen LogP contribution in [-0.4, -0.2) is 77.6 Å². The first-order valence-electron chi connectivity index (χ1n) is 16.6. The third-order valence-electron chi connectivity index (χ3n) is 10.3. The van der Waals surface area contributed by atoms with Crippen LogP contribution in [0.3, 0.4) is 0 Å². The largest absolute Gasteiger partial charge is 0.502 e. The molecule has 4 aromatic rings. The summed E-state index contributed by atoms with van der Waals surface area (Å²) in [4.78, 5) is 15.7. The molecule has 12 nitrogen and oxygen atoms in total. The van der Waals surface area contributed by atoms with Gasteiger partial charge in [-0.15, -0.1) is 0 Å². The Morgan fingerprint density at radius 2 is 1.47 bits per heavy atom. The molecule has 0 radical (unpaired) electrons. The van der Waals surface area contributed by atoms with Crippen molar-refractivity contribution in [2.24, 2.45) is 11.8 Å². The van der Waals surface area contributed by atoms with Crippen molar-refractivity contribution < 1.29 is 46.4 Å². The van der Waals surface area contributed by atoms with Gasteiger partial charge in [0.1, 0.15) is 5.82 Å². The molecule has 2 fully saturated rings. The van der Waals surface area contributed by atoms with Crippen LogP contribution in [-0.2, 0) is 19.6 Å². The van der Waals surface area contributed by atoms with Gasteiger partial charge in [0.15, 0.2) is 23.0 Å². The summed E-state index contributed by atoms with van der Waals surface area (Å²) < 4.78 is 70.3. The zero-order valence-corrected chi connectivity index (χ0v) is 28.7. The van der Waals surface area contributed by atoms with Crippen molar-refractivity contribution in [1.82, 2.24) is 4.31 Å². The predicted octanol–water partition coefficient (Wildman–Crippen LogP) is 4.88. The number of nitrogens with one attached hydrogen (secondary N) is 1. The van der Waals surface area contributed by atoms with Gasteiger partial charge < -0.3 is 39.0 Å². The first-order valence-corrected chi connectivity index (χ1v) is 18.0. The molecule has 3 aliphatic heterocycles. The van der Waals surface area contributed by atoms with Crippen LogP contribution in [0, 0.1) is 17.7 Å². The molecule has 266 valence electrons. The Morgan fingerprint density at radius 3 is 2.10 bits per heavy atom. The van der Waals surface area contributed by atoms with Gasteiger partial charge in [0.25, 0.3) is 0 Å². The molecule has 4 aromatic carbocycles. The van der Waals surface area contributed by atoms with Crippen molar-refractivity contribution >= 4 is 27.4 Å². The first kappa shape index (κ1) is 33.0. The van der Waals surface area contributed by atoms with E-state index >= 15 is 0 Å². The zero-order chi connectivity index (χ0) is 35.4. The van der Waals surface area contributed by atoms with E-state index in [1.807, 2.05) is 17.0 Å². The van der Waals surface area contributed by atoms with Gasteiger partial charge in [0.2, 0.25) is 22.6 Å². The Labute approximate surface area is 294 Å². The molecule has 51 heavy (non-hydrogen) atoms. The number of phenolic OH excluding ortho intramolecular Hbond substituents is 1. The summed E-state index contributed by atoms with van der Waals surface area (Å²) in [6, 6.07) is 19.6. The van der Waals surface area contributed by atoms with Gasteiger partial charge in [-0.05, 0) is 89.5 Å². The number of hydrogen-bond acceptors (Lipinski definition) is 11. The molecule has 2 N–H and O–H groups in total. The molecular formula is C37H36FN3O9S. The SMILES string of the molecule is COc1cc([C@@H]2c3cc4c(cc3[C@@H](Nc3ccc(S(=O)(=O)N5CCN(c6ccc(F)cc6)CC5)cc3)[C@H]3COC(=O)[C@H]23)OCO4)cc(OC)c1O. The predicted molar refractivity (Wildman–Crippen MR) is 184 cm³/mol. The van der Waals surface area contributed by atoms with Gasteiger partial charge in [0.05, 0.1) is 37.7 Å². The highest BCUT2D eigenvalue weighted by Crippen LogP contribution is 2.56. The second-order valence-electron chi connectivity index (χ2n) is 12.9. The molecule has 4 atom stereocenters. The number of cyclic esters (lactones) is 1. The van der Waals surface area contributed by atoms with E-state index in [2.05, 4.69) is 5.32 Å². The van der Waals surface area contributed by atoms with Crippen LogP contribution >= 0.6 is 0 Å². The van der Waals surface area contributed by atoms with Crippen molar-refractivity contribution in [3.63, 3.8) is 0 Å². The van der Waals surface area contributed by atoms with Crippen molar-refractivity contribution in [3.05, 3.63) is 95.3 Å². The number of rotatable bonds is 8. The van der Waals surface area contributed by atoms with Crippen molar-refractivity contribution in [2.75, 3.05) is 64.0 Å². The van der Waals surface area contributed by atoms with Crippen LogP contribution < -0.4 is 29.2 Å². The number of sulfonamides is 1. The van der Waals surface area contributed by atoms with Crippen LogP contribution in [0.1, 0.15) is 28.7 Å². The molecule has 0 amide bonds. The van der Waals surface area contributed by atoms with Crippen LogP contribution in [0.15, 0.2) is 77.7 Å². The fraction of sp³-hybridized carbons (Fsp3) is 0.324. The monoisotopic (exact) mass is 717 g/mol. The summed E-state index contributed by atoms with van der Waals surface area (Å²) in [6.45, 7) is 1.79. The lowest BCUT2D eigenvalue weighted by Gasteiger charge is -2.40. The number of fused-ring (bicyclic) bond motifs is 3. The molecule has 0 bridgehead atoms. The van der Waals surface area contributed by atoms with E-state index in [1.165, 1.54) is 30.7 Å².